The first kappa shape index (κ1) is 11.9. The second-order valence-corrected chi connectivity index (χ2v) is 5.07. The average Bonchev–Trinajstić information content (AvgIpc) is 2.68. The molecule has 1 aromatic carbocycles. The van der Waals surface area contributed by atoms with Gasteiger partial charge in [0.25, 0.3) is 0 Å². The van der Waals surface area contributed by atoms with Crippen LogP contribution < -0.4 is 5.73 Å². The quantitative estimate of drug-likeness (QED) is 0.621. The lowest BCUT2D eigenvalue weighted by Crippen LogP contribution is -2.34. The molecule has 16 heavy (non-hydrogen) atoms. The Hall–Kier alpha value is -0.550. The Bertz CT molecular complexity index is 428. The van der Waals surface area contributed by atoms with Crippen LogP contribution in [-0.2, 0) is 5.54 Å². The van der Waals surface area contributed by atoms with Crippen LogP contribution in [0.25, 0.3) is 0 Å². The van der Waals surface area contributed by atoms with E-state index in [0.29, 0.717) is 12.8 Å². The standard InChI is InChI=1S/C11H11BrF3N/c12-7-5-6(8(13)10(15)9(7)14)11(16)3-1-2-4-11/h5H,1-4,16H2. The van der Waals surface area contributed by atoms with Crippen LogP contribution in [0.15, 0.2) is 10.5 Å². The number of halogens is 4. The molecule has 0 aromatic heterocycles. The highest BCUT2D eigenvalue weighted by molar-refractivity contribution is 9.10. The number of hydrogen-bond acceptors (Lipinski definition) is 1. The SMILES string of the molecule is NC1(c2cc(Br)c(F)c(F)c2F)CCCC1. The van der Waals surface area contributed by atoms with E-state index in [1.807, 2.05) is 0 Å². The fourth-order valence-corrected chi connectivity index (χ4v) is 2.61. The van der Waals surface area contributed by atoms with E-state index in [2.05, 4.69) is 15.9 Å². The first-order chi connectivity index (χ1) is 7.46. The topological polar surface area (TPSA) is 26.0 Å². The molecule has 1 nitrogen and oxygen atoms in total. The molecule has 0 aliphatic heterocycles. The molecule has 5 heteroatoms. The van der Waals surface area contributed by atoms with Gasteiger partial charge in [-0.2, -0.15) is 0 Å². The maximum absolute atomic E-state index is 13.6. The third-order valence-corrected chi connectivity index (χ3v) is 3.71. The Morgan fingerprint density at radius 1 is 1.06 bits per heavy atom. The molecule has 1 aliphatic rings. The van der Waals surface area contributed by atoms with E-state index in [1.54, 1.807) is 0 Å². The van der Waals surface area contributed by atoms with E-state index in [1.165, 1.54) is 6.07 Å². The van der Waals surface area contributed by atoms with E-state index < -0.39 is 23.0 Å². The van der Waals surface area contributed by atoms with Crippen molar-refractivity contribution in [3.05, 3.63) is 33.6 Å². The van der Waals surface area contributed by atoms with Crippen molar-refractivity contribution in [2.24, 2.45) is 5.73 Å². The molecular formula is C11H11BrF3N. The van der Waals surface area contributed by atoms with Crippen LogP contribution >= 0.6 is 15.9 Å². The number of hydrogen-bond donors (Lipinski definition) is 1. The minimum Gasteiger partial charge on any atom is -0.321 e. The van der Waals surface area contributed by atoms with E-state index in [-0.39, 0.29) is 10.0 Å². The summed E-state index contributed by atoms with van der Waals surface area (Å²) in [5, 5.41) is 0. The van der Waals surface area contributed by atoms with Gasteiger partial charge in [0.05, 0.1) is 4.47 Å². The molecule has 0 radical (unpaired) electrons. The minimum atomic E-state index is -1.46. The van der Waals surface area contributed by atoms with Crippen molar-refractivity contribution in [2.75, 3.05) is 0 Å². The monoisotopic (exact) mass is 293 g/mol. The first-order valence-electron chi connectivity index (χ1n) is 5.08. The molecule has 0 heterocycles. The summed E-state index contributed by atoms with van der Waals surface area (Å²) < 4.78 is 39.9. The van der Waals surface area contributed by atoms with Crippen molar-refractivity contribution in [1.29, 1.82) is 0 Å². The van der Waals surface area contributed by atoms with Gasteiger partial charge in [-0.3, -0.25) is 0 Å². The highest BCUT2D eigenvalue weighted by Gasteiger charge is 2.36. The molecule has 0 unspecified atom stereocenters. The largest absolute Gasteiger partial charge is 0.321 e. The van der Waals surface area contributed by atoms with Crippen molar-refractivity contribution in [1.82, 2.24) is 0 Å². The minimum absolute atomic E-state index is 0.0655. The van der Waals surface area contributed by atoms with Gasteiger partial charge in [0.2, 0.25) is 0 Å². The highest BCUT2D eigenvalue weighted by Crippen LogP contribution is 2.39. The zero-order chi connectivity index (χ0) is 11.9. The molecule has 88 valence electrons. The van der Waals surface area contributed by atoms with Crippen LogP contribution in [0.3, 0.4) is 0 Å². The summed E-state index contributed by atoms with van der Waals surface area (Å²) in [6, 6.07) is 1.25. The molecule has 1 aliphatic carbocycles. The van der Waals surface area contributed by atoms with E-state index in [4.69, 9.17) is 5.73 Å². The maximum Gasteiger partial charge on any atom is 0.195 e. The van der Waals surface area contributed by atoms with E-state index >= 15 is 0 Å². The molecule has 0 spiro atoms. The lowest BCUT2D eigenvalue weighted by atomic mass is 9.89. The molecule has 1 aromatic rings. The van der Waals surface area contributed by atoms with Crippen LogP contribution in [0.2, 0.25) is 0 Å². The normalized spacial score (nSPS) is 19.1. The smallest absolute Gasteiger partial charge is 0.195 e. The predicted octanol–water partition coefficient (Wildman–Crippen LogP) is 3.59. The summed E-state index contributed by atoms with van der Waals surface area (Å²) >= 11 is 2.87. The number of rotatable bonds is 1. The Kier molecular flexibility index (Phi) is 3.01. The van der Waals surface area contributed by atoms with Gasteiger partial charge >= 0.3 is 0 Å². The second-order valence-electron chi connectivity index (χ2n) is 4.21. The Morgan fingerprint density at radius 3 is 2.19 bits per heavy atom. The maximum atomic E-state index is 13.6. The van der Waals surface area contributed by atoms with Gasteiger partial charge in [0.15, 0.2) is 17.5 Å². The first-order valence-corrected chi connectivity index (χ1v) is 5.87. The van der Waals surface area contributed by atoms with E-state index in [0.717, 1.165) is 12.8 Å². The van der Waals surface area contributed by atoms with Crippen molar-refractivity contribution in [2.45, 2.75) is 31.2 Å². The van der Waals surface area contributed by atoms with Crippen molar-refractivity contribution >= 4 is 15.9 Å². The summed E-state index contributed by atoms with van der Waals surface area (Å²) in [6.45, 7) is 0. The fourth-order valence-electron chi connectivity index (χ4n) is 2.21. The van der Waals surface area contributed by atoms with Gasteiger partial charge in [-0.1, -0.05) is 12.8 Å². The predicted molar refractivity (Wildman–Crippen MR) is 58.3 cm³/mol. The molecule has 2 rings (SSSR count). The van der Waals surface area contributed by atoms with Gasteiger partial charge in [-0.05, 0) is 34.8 Å². The third kappa shape index (κ3) is 1.76. The van der Waals surface area contributed by atoms with Gasteiger partial charge in [0.1, 0.15) is 0 Å². The summed E-state index contributed by atoms with van der Waals surface area (Å²) in [6.07, 6.45) is 2.96. The highest BCUT2D eigenvalue weighted by atomic mass is 79.9. The van der Waals surface area contributed by atoms with Crippen molar-refractivity contribution < 1.29 is 13.2 Å². The van der Waals surface area contributed by atoms with Gasteiger partial charge in [0, 0.05) is 11.1 Å². The lowest BCUT2D eigenvalue weighted by Gasteiger charge is -2.25. The Balaban J connectivity index is 2.57. The molecule has 0 atom stereocenters. The zero-order valence-electron chi connectivity index (χ0n) is 8.49. The summed E-state index contributed by atoms with van der Waals surface area (Å²) in [4.78, 5) is 0. The fraction of sp³-hybridized carbons (Fsp3) is 0.455. The van der Waals surface area contributed by atoms with Crippen LogP contribution in [0.1, 0.15) is 31.2 Å². The summed E-state index contributed by atoms with van der Waals surface area (Å²) in [5.74, 6) is -3.82. The second kappa shape index (κ2) is 4.04. The number of benzene rings is 1. The molecule has 0 saturated heterocycles. The summed E-state index contributed by atoms with van der Waals surface area (Å²) in [5.41, 5.74) is 5.22. The Labute approximate surface area is 100.0 Å². The van der Waals surface area contributed by atoms with Gasteiger partial charge in [-0.15, -0.1) is 0 Å². The molecule has 1 saturated carbocycles. The molecule has 0 amide bonds. The van der Waals surface area contributed by atoms with Crippen LogP contribution in [0.4, 0.5) is 13.2 Å². The van der Waals surface area contributed by atoms with Gasteiger partial charge < -0.3 is 5.73 Å². The van der Waals surface area contributed by atoms with Crippen LogP contribution in [-0.4, -0.2) is 0 Å². The molecule has 1 fully saturated rings. The third-order valence-electron chi connectivity index (χ3n) is 3.13. The molecule has 0 bridgehead atoms. The molecule has 2 N–H and O–H groups in total. The summed E-state index contributed by atoms with van der Waals surface area (Å²) in [7, 11) is 0. The van der Waals surface area contributed by atoms with Crippen molar-refractivity contribution in [3.8, 4) is 0 Å². The number of nitrogens with two attached hydrogens (primary N) is 1. The zero-order valence-corrected chi connectivity index (χ0v) is 10.1. The van der Waals surface area contributed by atoms with Gasteiger partial charge in [-0.25, -0.2) is 13.2 Å². The van der Waals surface area contributed by atoms with E-state index in [9.17, 15) is 13.2 Å². The van der Waals surface area contributed by atoms with Crippen molar-refractivity contribution in [3.63, 3.8) is 0 Å². The van der Waals surface area contributed by atoms with Crippen LogP contribution in [0, 0.1) is 17.5 Å². The molecular weight excluding hydrogens is 283 g/mol. The Morgan fingerprint density at radius 2 is 1.62 bits per heavy atom. The average molecular weight is 294 g/mol. The van der Waals surface area contributed by atoms with Crippen LogP contribution in [0.5, 0.6) is 0 Å². The lowest BCUT2D eigenvalue weighted by molar-refractivity contribution is 0.392.